The van der Waals surface area contributed by atoms with Gasteiger partial charge in [-0.2, -0.15) is 0 Å². The maximum atomic E-state index is 11.5. The second-order valence-electron chi connectivity index (χ2n) is 3.42. The zero-order valence-corrected chi connectivity index (χ0v) is 9.93. The molecular weight excluding hydrogens is 222 g/mol. The van der Waals surface area contributed by atoms with Gasteiger partial charge in [-0.1, -0.05) is 0 Å². The van der Waals surface area contributed by atoms with Gasteiger partial charge in [0, 0.05) is 7.05 Å². The van der Waals surface area contributed by atoms with Crippen LogP contribution < -0.4 is 4.74 Å². The van der Waals surface area contributed by atoms with E-state index in [2.05, 4.69) is 10.1 Å². The van der Waals surface area contributed by atoms with E-state index in [1.54, 1.807) is 37.9 Å². The molecule has 0 fully saturated rings. The Labute approximate surface area is 98.2 Å². The van der Waals surface area contributed by atoms with Crippen LogP contribution in [0.25, 0.3) is 11.0 Å². The number of esters is 1. The first-order valence-electron chi connectivity index (χ1n) is 5.22. The zero-order chi connectivity index (χ0) is 12.4. The van der Waals surface area contributed by atoms with Gasteiger partial charge in [0.1, 0.15) is 0 Å². The summed E-state index contributed by atoms with van der Waals surface area (Å²) in [5.74, 6) is 0.0555. The first kappa shape index (κ1) is 11.4. The molecule has 0 aliphatic rings. The molecule has 0 radical (unpaired) electrons. The van der Waals surface area contributed by atoms with Gasteiger partial charge in [-0.15, -0.1) is 5.10 Å². The summed E-state index contributed by atoms with van der Waals surface area (Å²) in [4.78, 5) is 15.7. The lowest BCUT2D eigenvalue weighted by Crippen LogP contribution is -2.07. The van der Waals surface area contributed by atoms with Crippen molar-refractivity contribution in [2.24, 2.45) is 7.05 Å². The molecule has 6 heteroatoms. The molecule has 0 atom stereocenters. The zero-order valence-electron chi connectivity index (χ0n) is 9.93. The average Bonchev–Trinajstić information content (AvgIpc) is 2.66. The molecule has 2 aromatic heterocycles. The fraction of sp³-hybridized carbons (Fsp3) is 0.364. The first-order chi connectivity index (χ1) is 8.17. The molecule has 0 unspecified atom stereocenters. The molecule has 0 bridgehead atoms. The highest BCUT2D eigenvalue weighted by atomic mass is 16.5. The molecule has 6 nitrogen and oxygen atoms in total. The molecule has 0 saturated carbocycles. The van der Waals surface area contributed by atoms with Gasteiger partial charge < -0.3 is 9.47 Å². The van der Waals surface area contributed by atoms with Crippen LogP contribution >= 0.6 is 0 Å². The predicted octanol–water partition coefficient (Wildman–Crippen LogP) is 1.15. The number of pyridine rings is 1. The minimum absolute atomic E-state index is 0.269. The van der Waals surface area contributed by atoms with Crippen LogP contribution in [0, 0.1) is 0 Å². The van der Waals surface area contributed by atoms with Crippen LogP contribution in [0.15, 0.2) is 12.1 Å². The van der Waals surface area contributed by atoms with Gasteiger partial charge in [0.05, 0.1) is 19.1 Å². The molecule has 0 aliphatic carbocycles. The molecule has 0 amide bonds. The largest absolute Gasteiger partial charge is 0.479 e. The topological polar surface area (TPSA) is 66.2 Å². The van der Waals surface area contributed by atoms with Crippen LogP contribution in [0.4, 0.5) is 0 Å². The number of hydrogen-bond acceptors (Lipinski definition) is 5. The number of aromatic nitrogens is 3. The number of carbonyl (C=O) groups is 1. The molecule has 0 N–H and O–H groups in total. The average molecular weight is 235 g/mol. The quantitative estimate of drug-likeness (QED) is 0.747. The Kier molecular flexibility index (Phi) is 2.95. The minimum atomic E-state index is -0.436. The van der Waals surface area contributed by atoms with Crippen molar-refractivity contribution in [3.63, 3.8) is 0 Å². The van der Waals surface area contributed by atoms with Crippen molar-refractivity contribution in [2.75, 3.05) is 13.7 Å². The van der Waals surface area contributed by atoms with E-state index in [1.807, 2.05) is 0 Å². The summed E-state index contributed by atoms with van der Waals surface area (Å²) in [6.45, 7) is 2.08. The predicted molar refractivity (Wildman–Crippen MR) is 61.0 cm³/mol. The third kappa shape index (κ3) is 1.93. The third-order valence-corrected chi connectivity index (χ3v) is 2.33. The van der Waals surface area contributed by atoms with Crippen LogP contribution in [-0.2, 0) is 11.8 Å². The van der Waals surface area contributed by atoms with Crippen LogP contribution in [0.5, 0.6) is 5.88 Å². The maximum absolute atomic E-state index is 11.5. The van der Waals surface area contributed by atoms with E-state index in [-0.39, 0.29) is 5.69 Å². The van der Waals surface area contributed by atoms with Gasteiger partial charge in [0.15, 0.2) is 11.3 Å². The smallest absolute Gasteiger partial charge is 0.357 e. The summed E-state index contributed by atoms with van der Waals surface area (Å²) in [6, 6.07) is 3.35. The molecule has 2 heterocycles. The van der Waals surface area contributed by atoms with Gasteiger partial charge in [-0.3, -0.25) is 0 Å². The second-order valence-corrected chi connectivity index (χ2v) is 3.42. The molecular formula is C11H13N3O3. The Hall–Kier alpha value is -2.11. The number of carbonyl (C=O) groups excluding carboxylic acids is 1. The fourth-order valence-electron chi connectivity index (χ4n) is 1.57. The van der Waals surface area contributed by atoms with Gasteiger partial charge >= 0.3 is 5.97 Å². The summed E-state index contributed by atoms with van der Waals surface area (Å²) in [5, 5.41) is 4.90. The standard InChI is InChI=1S/C11H13N3O3/c1-4-17-11(15)8-6-5-7-9(12-8)14(2)13-10(7)16-3/h5-6H,4H2,1-3H3. The van der Waals surface area contributed by atoms with Crippen molar-refractivity contribution < 1.29 is 14.3 Å². The van der Waals surface area contributed by atoms with Crippen molar-refractivity contribution in [3.05, 3.63) is 17.8 Å². The van der Waals surface area contributed by atoms with Crippen LogP contribution in [0.2, 0.25) is 0 Å². The highest BCUT2D eigenvalue weighted by Gasteiger charge is 2.14. The number of nitrogens with zero attached hydrogens (tertiary/aromatic N) is 3. The van der Waals surface area contributed by atoms with E-state index in [9.17, 15) is 4.79 Å². The Bertz CT molecular complexity index is 562. The normalized spacial score (nSPS) is 10.5. The van der Waals surface area contributed by atoms with Gasteiger partial charge in [-0.05, 0) is 19.1 Å². The fourth-order valence-corrected chi connectivity index (χ4v) is 1.57. The van der Waals surface area contributed by atoms with E-state index in [0.29, 0.717) is 18.1 Å². The van der Waals surface area contributed by atoms with E-state index < -0.39 is 5.97 Å². The molecule has 2 aromatic rings. The minimum Gasteiger partial charge on any atom is -0.479 e. The lowest BCUT2D eigenvalue weighted by Gasteiger charge is -2.01. The number of rotatable bonds is 3. The SMILES string of the molecule is CCOC(=O)c1ccc2c(OC)nn(C)c2n1. The second kappa shape index (κ2) is 4.40. The number of methoxy groups -OCH3 is 1. The van der Waals surface area contributed by atoms with E-state index in [4.69, 9.17) is 9.47 Å². The molecule has 0 spiro atoms. The van der Waals surface area contributed by atoms with Crippen molar-refractivity contribution in [3.8, 4) is 5.88 Å². The van der Waals surface area contributed by atoms with Crippen molar-refractivity contribution in [2.45, 2.75) is 6.92 Å². The molecule has 2 rings (SSSR count). The Morgan fingerprint density at radius 2 is 2.24 bits per heavy atom. The Balaban J connectivity index is 2.50. The van der Waals surface area contributed by atoms with E-state index >= 15 is 0 Å². The van der Waals surface area contributed by atoms with Crippen LogP contribution in [0.3, 0.4) is 0 Å². The molecule has 0 aliphatic heterocycles. The van der Waals surface area contributed by atoms with Crippen LogP contribution in [0.1, 0.15) is 17.4 Å². The number of hydrogen-bond donors (Lipinski definition) is 0. The number of ether oxygens (including phenoxy) is 2. The summed E-state index contributed by atoms with van der Waals surface area (Å²) < 4.78 is 11.6. The molecule has 90 valence electrons. The van der Waals surface area contributed by atoms with Crippen molar-refractivity contribution in [1.82, 2.24) is 14.8 Å². The number of aryl methyl sites for hydroxylation is 1. The van der Waals surface area contributed by atoms with Gasteiger partial charge in [0.2, 0.25) is 5.88 Å². The van der Waals surface area contributed by atoms with Crippen LogP contribution in [-0.4, -0.2) is 34.5 Å². The monoisotopic (exact) mass is 235 g/mol. The van der Waals surface area contributed by atoms with E-state index in [0.717, 1.165) is 5.39 Å². The lowest BCUT2D eigenvalue weighted by molar-refractivity contribution is 0.0520. The first-order valence-corrected chi connectivity index (χ1v) is 5.22. The summed E-state index contributed by atoms with van der Waals surface area (Å²) in [7, 11) is 3.29. The van der Waals surface area contributed by atoms with E-state index in [1.165, 1.54) is 0 Å². The maximum Gasteiger partial charge on any atom is 0.357 e. The Morgan fingerprint density at radius 1 is 1.47 bits per heavy atom. The third-order valence-electron chi connectivity index (χ3n) is 2.33. The van der Waals surface area contributed by atoms with Crippen molar-refractivity contribution in [1.29, 1.82) is 0 Å². The van der Waals surface area contributed by atoms with Gasteiger partial charge in [0.25, 0.3) is 0 Å². The summed E-state index contributed by atoms with van der Waals surface area (Å²) >= 11 is 0. The summed E-state index contributed by atoms with van der Waals surface area (Å²) in [6.07, 6.45) is 0. The highest BCUT2D eigenvalue weighted by Crippen LogP contribution is 2.22. The lowest BCUT2D eigenvalue weighted by atomic mass is 10.3. The highest BCUT2D eigenvalue weighted by molar-refractivity contribution is 5.91. The molecule has 0 saturated heterocycles. The van der Waals surface area contributed by atoms with Crippen molar-refractivity contribution >= 4 is 17.0 Å². The molecule has 0 aromatic carbocycles. The summed E-state index contributed by atoms with van der Waals surface area (Å²) in [5.41, 5.74) is 0.859. The number of fused-ring (bicyclic) bond motifs is 1. The van der Waals surface area contributed by atoms with Gasteiger partial charge in [-0.25, -0.2) is 14.5 Å². The Morgan fingerprint density at radius 3 is 2.88 bits per heavy atom. The molecule has 17 heavy (non-hydrogen) atoms.